The van der Waals surface area contributed by atoms with Gasteiger partial charge in [0.1, 0.15) is 5.75 Å². The molecule has 1 fully saturated rings. The van der Waals surface area contributed by atoms with Crippen LogP contribution in [0, 0.1) is 11.6 Å². The van der Waals surface area contributed by atoms with E-state index < -0.39 is 23.3 Å². The molecule has 2 aromatic carbocycles. The van der Waals surface area contributed by atoms with E-state index in [4.69, 9.17) is 21.7 Å². The molecule has 0 spiro atoms. The van der Waals surface area contributed by atoms with Gasteiger partial charge in [-0.1, -0.05) is 0 Å². The lowest BCUT2D eigenvalue weighted by Crippen LogP contribution is -2.65. The molecular weight excluding hydrogens is 374 g/mol. The van der Waals surface area contributed by atoms with Gasteiger partial charge in [-0.3, -0.25) is 4.90 Å². The van der Waals surface area contributed by atoms with E-state index in [2.05, 4.69) is 5.32 Å². The summed E-state index contributed by atoms with van der Waals surface area (Å²) >= 11 is 5.47. The first-order valence-corrected chi connectivity index (χ1v) is 8.70. The van der Waals surface area contributed by atoms with Crippen molar-refractivity contribution in [2.45, 2.75) is 25.1 Å². The van der Waals surface area contributed by atoms with Crippen LogP contribution in [0.1, 0.15) is 35.3 Å². The van der Waals surface area contributed by atoms with Gasteiger partial charge in [0.05, 0.1) is 24.4 Å². The van der Waals surface area contributed by atoms with Crippen molar-refractivity contribution >= 4 is 29.0 Å². The van der Waals surface area contributed by atoms with Gasteiger partial charge in [-0.25, -0.2) is 13.6 Å². The standard InChI is InChI=1S/C19H16F2N2O3S/c1-19-9-15(12-7-10(17(24)25-2)3-6-16(12)26-19)22-18(27)23(19)11-4-5-13(20)14(21)8-11/h3-8,15H,9H2,1-2H3,(H,22,27)/t15-,19-/m1/s1. The van der Waals surface area contributed by atoms with Crippen LogP contribution in [0.2, 0.25) is 0 Å². The highest BCUT2D eigenvalue weighted by Gasteiger charge is 2.48. The summed E-state index contributed by atoms with van der Waals surface area (Å²) in [6.07, 6.45) is 0.490. The number of halogens is 2. The summed E-state index contributed by atoms with van der Waals surface area (Å²) in [5.41, 5.74) is 0.709. The van der Waals surface area contributed by atoms with Crippen LogP contribution in [0.15, 0.2) is 36.4 Å². The molecule has 4 rings (SSSR count). The minimum absolute atomic E-state index is 0.183. The van der Waals surface area contributed by atoms with Gasteiger partial charge in [-0.2, -0.15) is 0 Å². The number of carbonyl (C=O) groups is 1. The summed E-state index contributed by atoms with van der Waals surface area (Å²) in [5.74, 6) is -1.74. The Morgan fingerprint density at radius 2 is 2.07 bits per heavy atom. The van der Waals surface area contributed by atoms with Crippen molar-refractivity contribution < 1.29 is 23.0 Å². The molecule has 2 bridgehead atoms. The van der Waals surface area contributed by atoms with E-state index >= 15 is 0 Å². The molecule has 27 heavy (non-hydrogen) atoms. The van der Waals surface area contributed by atoms with Crippen LogP contribution in [-0.4, -0.2) is 23.9 Å². The topological polar surface area (TPSA) is 50.8 Å². The number of ether oxygens (including phenoxy) is 2. The summed E-state index contributed by atoms with van der Waals surface area (Å²) in [7, 11) is 1.32. The smallest absolute Gasteiger partial charge is 0.337 e. The van der Waals surface area contributed by atoms with Crippen LogP contribution in [-0.2, 0) is 4.74 Å². The number of nitrogens with one attached hydrogen (secondary N) is 1. The summed E-state index contributed by atoms with van der Waals surface area (Å²) in [5, 5.41) is 3.53. The molecule has 5 nitrogen and oxygen atoms in total. The van der Waals surface area contributed by atoms with Gasteiger partial charge >= 0.3 is 5.97 Å². The van der Waals surface area contributed by atoms with Gasteiger partial charge in [-0.05, 0) is 49.5 Å². The zero-order chi connectivity index (χ0) is 19.3. The minimum atomic E-state index is -0.958. The maximum atomic E-state index is 13.8. The first kappa shape index (κ1) is 17.7. The highest BCUT2D eigenvalue weighted by Crippen LogP contribution is 2.46. The monoisotopic (exact) mass is 390 g/mol. The van der Waals surface area contributed by atoms with E-state index in [0.717, 1.165) is 17.7 Å². The summed E-state index contributed by atoms with van der Waals surface area (Å²) < 4.78 is 38.0. The van der Waals surface area contributed by atoms with Crippen LogP contribution < -0.4 is 15.0 Å². The molecule has 2 atom stereocenters. The highest BCUT2D eigenvalue weighted by molar-refractivity contribution is 7.80. The lowest BCUT2D eigenvalue weighted by molar-refractivity contribution is 0.0494. The molecule has 2 aromatic rings. The average Bonchev–Trinajstić information content (AvgIpc) is 2.63. The van der Waals surface area contributed by atoms with Crippen LogP contribution >= 0.6 is 12.2 Å². The second-order valence-corrected chi connectivity index (χ2v) is 7.05. The molecule has 0 amide bonds. The fraction of sp³-hybridized carbons (Fsp3) is 0.263. The predicted octanol–water partition coefficient (Wildman–Crippen LogP) is 3.69. The Kier molecular flexibility index (Phi) is 4.03. The van der Waals surface area contributed by atoms with E-state index in [1.807, 2.05) is 6.92 Å². The van der Waals surface area contributed by atoms with Crippen molar-refractivity contribution in [1.29, 1.82) is 0 Å². The molecule has 140 valence electrons. The quantitative estimate of drug-likeness (QED) is 0.624. The third kappa shape index (κ3) is 2.80. The van der Waals surface area contributed by atoms with E-state index in [-0.39, 0.29) is 6.04 Å². The van der Waals surface area contributed by atoms with Gasteiger partial charge in [0.25, 0.3) is 0 Å². The lowest BCUT2D eigenvalue weighted by atomic mass is 9.89. The number of rotatable bonds is 2. The molecule has 2 aliphatic rings. The van der Waals surface area contributed by atoms with E-state index in [9.17, 15) is 13.6 Å². The number of methoxy groups -OCH3 is 1. The van der Waals surface area contributed by atoms with Crippen molar-refractivity contribution in [3.8, 4) is 5.75 Å². The van der Waals surface area contributed by atoms with Gasteiger partial charge in [0.15, 0.2) is 22.5 Å². The third-order valence-corrected chi connectivity index (χ3v) is 5.15. The Morgan fingerprint density at radius 3 is 2.78 bits per heavy atom. The number of anilines is 1. The number of carbonyl (C=O) groups excluding carboxylic acids is 1. The van der Waals surface area contributed by atoms with Crippen molar-refractivity contribution in [2.75, 3.05) is 12.0 Å². The maximum Gasteiger partial charge on any atom is 0.337 e. The molecule has 0 saturated carbocycles. The Hall–Kier alpha value is -2.74. The second kappa shape index (κ2) is 6.16. The van der Waals surface area contributed by atoms with Crippen molar-refractivity contribution in [3.05, 3.63) is 59.2 Å². The lowest BCUT2D eigenvalue weighted by Gasteiger charge is -2.52. The summed E-state index contributed by atoms with van der Waals surface area (Å²) in [6, 6.07) is 8.46. The highest BCUT2D eigenvalue weighted by atomic mass is 32.1. The number of nitrogens with zero attached hydrogens (tertiary/aromatic N) is 1. The fourth-order valence-electron chi connectivity index (χ4n) is 3.63. The zero-order valence-corrected chi connectivity index (χ0v) is 15.4. The molecule has 1 saturated heterocycles. The van der Waals surface area contributed by atoms with E-state index in [1.54, 1.807) is 23.1 Å². The Morgan fingerprint density at radius 1 is 1.30 bits per heavy atom. The molecule has 2 heterocycles. The number of fused-ring (bicyclic) bond motifs is 4. The first-order valence-electron chi connectivity index (χ1n) is 8.29. The van der Waals surface area contributed by atoms with Gasteiger partial charge in [0, 0.05) is 18.1 Å². The molecule has 2 aliphatic heterocycles. The van der Waals surface area contributed by atoms with Crippen molar-refractivity contribution in [1.82, 2.24) is 5.32 Å². The maximum absolute atomic E-state index is 13.8. The first-order chi connectivity index (χ1) is 12.8. The molecule has 0 unspecified atom stereocenters. The number of hydrogen-bond acceptors (Lipinski definition) is 4. The zero-order valence-electron chi connectivity index (χ0n) is 14.6. The molecule has 0 aromatic heterocycles. The van der Waals surface area contributed by atoms with Crippen LogP contribution in [0.3, 0.4) is 0 Å². The average molecular weight is 390 g/mol. The van der Waals surface area contributed by atoms with Crippen LogP contribution in [0.25, 0.3) is 0 Å². The third-order valence-electron chi connectivity index (χ3n) is 4.85. The van der Waals surface area contributed by atoms with Gasteiger partial charge < -0.3 is 14.8 Å². The van der Waals surface area contributed by atoms with Gasteiger partial charge in [0.2, 0.25) is 0 Å². The normalized spacial score (nSPS) is 23.2. The molecular formula is C19H16F2N2O3S. The molecule has 0 radical (unpaired) electrons. The Balaban J connectivity index is 1.76. The van der Waals surface area contributed by atoms with Crippen LogP contribution in [0.4, 0.5) is 14.5 Å². The molecule has 1 N–H and O–H groups in total. The largest absolute Gasteiger partial charge is 0.467 e. The van der Waals surface area contributed by atoms with Crippen molar-refractivity contribution in [2.24, 2.45) is 0 Å². The van der Waals surface area contributed by atoms with Crippen LogP contribution in [0.5, 0.6) is 5.75 Å². The number of benzene rings is 2. The molecule has 8 heteroatoms. The Bertz CT molecular complexity index is 968. The predicted molar refractivity (Wildman–Crippen MR) is 98.7 cm³/mol. The second-order valence-electron chi connectivity index (χ2n) is 6.66. The SMILES string of the molecule is COC(=O)c1ccc2c(c1)[C@H]1C[C@@](C)(O2)N(c2ccc(F)c(F)c2)C(=S)N1. The van der Waals surface area contributed by atoms with E-state index in [0.29, 0.717) is 28.5 Å². The number of hydrogen-bond donors (Lipinski definition) is 1. The summed E-state index contributed by atoms with van der Waals surface area (Å²) in [6.45, 7) is 1.84. The Labute approximate surface area is 159 Å². The molecule has 0 aliphatic carbocycles. The number of esters is 1. The van der Waals surface area contributed by atoms with E-state index in [1.165, 1.54) is 13.2 Å². The minimum Gasteiger partial charge on any atom is -0.467 e. The van der Waals surface area contributed by atoms with Gasteiger partial charge in [-0.15, -0.1) is 0 Å². The fourth-order valence-corrected chi connectivity index (χ4v) is 4.08. The number of thiocarbonyl (C=S) groups is 1. The summed E-state index contributed by atoms with van der Waals surface area (Å²) in [4.78, 5) is 13.5. The van der Waals surface area contributed by atoms with Crippen molar-refractivity contribution in [3.63, 3.8) is 0 Å².